The summed E-state index contributed by atoms with van der Waals surface area (Å²) >= 11 is 0. The molecule has 0 spiro atoms. The molecule has 148 valence electrons. The molecule has 0 saturated heterocycles. The van der Waals surface area contributed by atoms with E-state index in [1.54, 1.807) is 18.2 Å². The number of sulfonamides is 1. The molecule has 0 unspecified atom stereocenters. The highest BCUT2D eigenvalue weighted by atomic mass is 32.2. The number of halogens is 3. The average Bonchev–Trinajstić information content (AvgIpc) is 2.67. The van der Waals surface area contributed by atoms with Crippen LogP contribution in [0.2, 0.25) is 0 Å². The van der Waals surface area contributed by atoms with Crippen molar-refractivity contribution in [3.63, 3.8) is 0 Å². The lowest BCUT2D eigenvalue weighted by atomic mass is 10.1. The normalized spacial score (nSPS) is 15.9. The number of aromatic nitrogens is 1. The minimum Gasteiger partial charge on any atom is -0.477 e. The maximum Gasteiger partial charge on any atom is 0.416 e. The van der Waals surface area contributed by atoms with Crippen LogP contribution >= 0.6 is 0 Å². The van der Waals surface area contributed by atoms with E-state index in [9.17, 15) is 26.4 Å². The van der Waals surface area contributed by atoms with Crippen LogP contribution in [0.15, 0.2) is 53.4 Å². The third-order valence-electron chi connectivity index (χ3n) is 4.27. The van der Waals surface area contributed by atoms with Gasteiger partial charge in [-0.25, -0.2) is 18.2 Å². The van der Waals surface area contributed by atoms with Crippen LogP contribution in [0.1, 0.15) is 28.2 Å². The zero-order valence-electron chi connectivity index (χ0n) is 14.3. The smallest absolute Gasteiger partial charge is 0.416 e. The van der Waals surface area contributed by atoms with Crippen molar-refractivity contribution in [3.8, 4) is 0 Å². The molecule has 0 fully saturated rings. The number of nitrogens with zero attached hydrogens (tertiary/aromatic N) is 2. The number of aromatic carboxylic acids is 1. The van der Waals surface area contributed by atoms with Crippen LogP contribution in [0.25, 0.3) is 5.57 Å². The van der Waals surface area contributed by atoms with Gasteiger partial charge in [0.25, 0.3) is 0 Å². The maximum atomic E-state index is 12.9. The van der Waals surface area contributed by atoms with Crippen LogP contribution in [0.4, 0.5) is 13.2 Å². The highest BCUT2D eigenvalue weighted by molar-refractivity contribution is 7.89. The summed E-state index contributed by atoms with van der Waals surface area (Å²) in [5, 5.41) is 9.01. The molecule has 1 aromatic carbocycles. The van der Waals surface area contributed by atoms with Gasteiger partial charge in [0.05, 0.1) is 16.2 Å². The topological polar surface area (TPSA) is 87.6 Å². The molecule has 6 nitrogen and oxygen atoms in total. The molecule has 1 N–H and O–H groups in total. The predicted octanol–water partition coefficient (Wildman–Crippen LogP) is 3.28. The van der Waals surface area contributed by atoms with Gasteiger partial charge >= 0.3 is 12.1 Å². The largest absolute Gasteiger partial charge is 0.477 e. The Labute approximate surface area is 159 Å². The van der Waals surface area contributed by atoms with Gasteiger partial charge in [-0.1, -0.05) is 18.2 Å². The Morgan fingerprint density at radius 3 is 2.46 bits per heavy atom. The number of hydrogen-bond acceptors (Lipinski definition) is 4. The molecule has 2 aromatic rings. The first-order chi connectivity index (χ1) is 13.1. The summed E-state index contributed by atoms with van der Waals surface area (Å²) in [6.45, 7) is -0.00369. The van der Waals surface area contributed by atoms with Crippen LogP contribution in [0.5, 0.6) is 0 Å². The van der Waals surface area contributed by atoms with Crippen molar-refractivity contribution in [2.45, 2.75) is 17.5 Å². The fraction of sp³-hybridized carbons (Fsp3) is 0.222. The SMILES string of the molecule is O=C(O)c1cccc(C2=CCN(S(=O)(=O)c3cccc(C(F)(F)F)c3)CC2)n1. The Morgan fingerprint density at radius 1 is 1.14 bits per heavy atom. The first kappa shape index (κ1) is 20.0. The van der Waals surface area contributed by atoms with Crippen molar-refractivity contribution in [1.82, 2.24) is 9.29 Å². The minimum atomic E-state index is -4.64. The van der Waals surface area contributed by atoms with Crippen molar-refractivity contribution < 1.29 is 31.5 Å². The number of alkyl halides is 3. The predicted molar refractivity (Wildman–Crippen MR) is 94.0 cm³/mol. The molecule has 0 amide bonds. The maximum absolute atomic E-state index is 12.9. The van der Waals surface area contributed by atoms with E-state index in [1.807, 2.05) is 0 Å². The number of rotatable bonds is 4. The zero-order chi connectivity index (χ0) is 20.5. The third kappa shape index (κ3) is 4.07. The molecule has 2 heterocycles. The Morgan fingerprint density at radius 2 is 1.86 bits per heavy atom. The highest BCUT2D eigenvalue weighted by Crippen LogP contribution is 2.32. The Hall–Kier alpha value is -2.72. The molecule has 3 rings (SSSR count). The van der Waals surface area contributed by atoms with Gasteiger partial charge < -0.3 is 5.11 Å². The van der Waals surface area contributed by atoms with Gasteiger partial charge in [-0.15, -0.1) is 0 Å². The lowest BCUT2D eigenvalue weighted by Gasteiger charge is -2.26. The molecule has 0 saturated carbocycles. The standard InChI is InChI=1S/C18H15F3N2O4S/c19-18(20,21)13-3-1-4-14(11-13)28(26,27)23-9-7-12(8-10-23)15-5-2-6-16(22-15)17(24)25/h1-7,11H,8-10H2,(H,24,25). The summed E-state index contributed by atoms with van der Waals surface area (Å²) in [7, 11) is -4.10. The minimum absolute atomic E-state index is 0.0450. The summed E-state index contributed by atoms with van der Waals surface area (Å²) in [6, 6.07) is 8.12. The summed E-state index contributed by atoms with van der Waals surface area (Å²) in [5.74, 6) is -1.17. The van der Waals surface area contributed by atoms with Crippen LogP contribution in [-0.2, 0) is 16.2 Å². The van der Waals surface area contributed by atoms with Gasteiger partial charge in [0.2, 0.25) is 10.0 Å². The van der Waals surface area contributed by atoms with E-state index in [0.717, 1.165) is 22.5 Å². The van der Waals surface area contributed by atoms with E-state index < -0.39 is 32.6 Å². The first-order valence-electron chi connectivity index (χ1n) is 8.16. The van der Waals surface area contributed by atoms with E-state index in [0.29, 0.717) is 17.3 Å². The van der Waals surface area contributed by atoms with Crippen molar-refractivity contribution >= 4 is 21.6 Å². The zero-order valence-corrected chi connectivity index (χ0v) is 15.2. The second-order valence-electron chi connectivity index (χ2n) is 6.08. The second kappa shape index (κ2) is 7.36. The summed E-state index contributed by atoms with van der Waals surface area (Å²) in [5.41, 5.74) is -0.0523. The Bertz CT molecular complexity index is 1050. The molecule has 0 bridgehead atoms. The van der Waals surface area contributed by atoms with E-state index in [2.05, 4.69) is 4.98 Å². The molecular formula is C18H15F3N2O4S. The first-order valence-corrected chi connectivity index (χ1v) is 9.60. The van der Waals surface area contributed by atoms with Crippen LogP contribution < -0.4 is 0 Å². The summed E-state index contributed by atoms with van der Waals surface area (Å²) < 4.78 is 65.0. The molecule has 1 aliphatic heterocycles. The van der Waals surface area contributed by atoms with Gasteiger partial charge in [0, 0.05) is 13.1 Å². The van der Waals surface area contributed by atoms with E-state index in [1.165, 1.54) is 6.07 Å². The average molecular weight is 412 g/mol. The lowest BCUT2D eigenvalue weighted by molar-refractivity contribution is -0.137. The summed E-state index contributed by atoms with van der Waals surface area (Å²) in [4.78, 5) is 14.6. The monoisotopic (exact) mass is 412 g/mol. The van der Waals surface area contributed by atoms with Crippen LogP contribution in [-0.4, -0.2) is 41.9 Å². The van der Waals surface area contributed by atoms with E-state index in [-0.39, 0.29) is 25.2 Å². The van der Waals surface area contributed by atoms with Gasteiger partial charge in [-0.2, -0.15) is 17.5 Å². The Kier molecular flexibility index (Phi) is 5.26. The molecule has 1 aliphatic rings. The fourth-order valence-electron chi connectivity index (χ4n) is 2.82. The quantitative estimate of drug-likeness (QED) is 0.833. The molecule has 28 heavy (non-hydrogen) atoms. The molecule has 1 aromatic heterocycles. The van der Waals surface area contributed by atoms with Crippen molar-refractivity contribution in [3.05, 3.63) is 65.5 Å². The second-order valence-corrected chi connectivity index (χ2v) is 8.02. The van der Waals surface area contributed by atoms with Gasteiger partial charge in [0.1, 0.15) is 5.69 Å². The molecule has 10 heteroatoms. The number of benzene rings is 1. The van der Waals surface area contributed by atoms with Crippen molar-refractivity contribution in [2.75, 3.05) is 13.1 Å². The van der Waals surface area contributed by atoms with E-state index >= 15 is 0 Å². The molecular weight excluding hydrogens is 397 g/mol. The fourth-order valence-corrected chi connectivity index (χ4v) is 4.24. The van der Waals surface area contributed by atoms with Crippen LogP contribution in [0, 0.1) is 0 Å². The highest BCUT2D eigenvalue weighted by Gasteiger charge is 2.33. The summed E-state index contributed by atoms with van der Waals surface area (Å²) in [6.07, 6.45) is -2.79. The number of pyridine rings is 1. The van der Waals surface area contributed by atoms with Gasteiger partial charge in [-0.3, -0.25) is 0 Å². The lowest BCUT2D eigenvalue weighted by Crippen LogP contribution is -2.34. The van der Waals surface area contributed by atoms with Crippen molar-refractivity contribution in [2.24, 2.45) is 0 Å². The van der Waals surface area contributed by atoms with Gasteiger partial charge in [0.15, 0.2) is 0 Å². The number of carboxylic acids is 1. The van der Waals surface area contributed by atoms with Gasteiger partial charge in [-0.05, 0) is 42.3 Å². The number of carboxylic acid groups (broad SMARTS) is 1. The number of hydrogen-bond donors (Lipinski definition) is 1. The number of carbonyl (C=O) groups is 1. The molecule has 0 aliphatic carbocycles. The van der Waals surface area contributed by atoms with E-state index in [4.69, 9.17) is 5.11 Å². The molecule has 0 atom stereocenters. The van der Waals surface area contributed by atoms with Crippen molar-refractivity contribution in [1.29, 1.82) is 0 Å². The van der Waals surface area contributed by atoms with Crippen LogP contribution in [0.3, 0.4) is 0 Å². The third-order valence-corrected chi connectivity index (χ3v) is 6.13. The Balaban J connectivity index is 1.84. The molecule has 0 radical (unpaired) electrons.